The number of halogens is 1. The summed E-state index contributed by atoms with van der Waals surface area (Å²) in [6.45, 7) is 0. The monoisotopic (exact) mass is 357 g/mol. The Balaban J connectivity index is 1.62. The summed E-state index contributed by atoms with van der Waals surface area (Å²) in [5, 5.41) is 10.2. The molecule has 2 aromatic carbocycles. The first-order valence-corrected chi connectivity index (χ1v) is 8.80. The third-order valence-corrected chi connectivity index (χ3v) is 5.35. The van der Waals surface area contributed by atoms with Crippen LogP contribution in [0.3, 0.4) is 0 Å². The molecule has 1 aliphatic rings. The van der Waals surface area contributed by atoms with Crippen LogP contribution in [0.25, 0.3) is 11.4 Å². The van der Waals surface area contributed by atoms with Crippen molar-refractivity contribution in [3.05, 3.63) is 59.1 Å². The molecule has 0 saturated carbocycles. The molecule has 4 rings (SSSR count). The molecular formula is C17H16ClN5S. The summed E-state index contributed by atoms with van der Waals surface area (Å²) >= 11 is 7.94. The van der Waals surface area contributed by atoms with Gasteiger partial charge in [-0.15, -0.1) is 10.2 Å². The van der Waals surface area contributed by atoms with Gasteiger partial charge in [0.1, 0.15) is 5.37 Å². The highest BCUT2D eigenvalue weighted by Gasteiger charge is 2.28. The van der Waals surface area contributed by atoms with Crippen molar-refractivity contribution in [1.29, 1.82) is 0 Å². The lowest BCUT2D eigenvalue weighted by atomic mass is 10.2. The highest BCUT2D eigenvalue weighted by molar-refractivity contribution is 7.99. The molecule has 122 valence electrons. The minimum atomic E-state index is 0.105. The number of hydrogen-bond acceptors (Lipinski definition) is 5. The van der Waals surface area contributed by atoms with Crippen LogP contribution in [0.2, 0.25) is 5.02 Å². The predicted octanol–water partition coefficient (Wildman–Crippen LogP) is 4.01. The molecule has 0 saturated heterocycles. The van der Waals surface area contributed by atoms with Crippen molar-refractivity contribution in [2.75, 3.05) is 24.4 Å². The molecule has 3 aromatic rings. The molecule has 24 heavy (non-hydrogen) atoms. The van der Waals surface area contributed by atoms with Crippen LogP contribution in [0, 0.1) is 0 Å². The van der Waals surface area contributed by atoms with Gasteiger partial charge in [0.2, 0.25) is 5.16 Å². The summed E-state index contributed by atoms with van der Waals surface area (Å²) in [4.78, 5) is 2.09. The summed E-state index contributed by atoms with van der Waals surface area (Å²) < 4.78 is 1.91. The highest BCUT2D eigenvalue weighted by atomic mass is 35.5. The first-order valence-electron chi connectivity index (χ1n) is 7.54. The van der Waals surface area contributed by atoms with Crippen molar-refractivity contribution >= 4 is 29.1 Å². The molecule has 1 atom stereocenters. The second kappa shape index (κ2) is 6.03. The number of benzene rings is 2. The SMILES string of the molecule is CN(C)c1ccc(C2Nn3c(nnc3-c3ccccc3Cl)S2)cc1. The van der Waals surface area contributed by atoms with E-state index in [4.69, 9.17) is 11.6 Å². The van der Waals surface area contributed by atoms with Gasteiger partial charge in [-0.3, -0.25) is 0 Å². The lowest BCUT2D eigenvalue weighted by molar-refractivity contribution is 0.792. The average Bonchev–Trinajstić information content (AvgIpc) is 3.16. The van der Waals surface area contributed by atoms with E-state index in [0.29, 0.717) is 5.02 Å². The number of aromatic nitrogens is 3. The summed E-state index contributed by atoms with van der Waals surface area (Å²) in [5.74, 6) is 0.732. The molecule has 1 N–H and O–H groups in total. The number of nitrogens with one attached hydrogen (secondary N) is 1. The van der Waals surface area contributed by atoms with Crippen LogP contribution < -0.4 is 10.3 Å². The Hall–Kier alpha value is -2.18. The maximum atomic E-state index is 6.30. The van der Waals surface area contributed by atoms with E-state index < -0.39 is 0 Å². The van der Waals surface area contributed by atoms with Crippen LogP contribution in [-0.4, -0.2) is 29.0 Å². The zero-order chi connectivity index (χ0) is 16.7. The van der Waals surface area contributed by atoms with Gasteiger partial charge in [0, 0.05) is 25.3 Å². The largest absolute Gasteiger partial charge is 0.378 e. The number of anilines is 1. The molecule has 1 unspecified atom stereocenters. The number of fused-ring (bicyclic) bond motifs is 1. The Morgan fingerprint density at radius 3 is 2.54 bits per heavy atom. The lowest BCUT2D eigenvalue weighted by Crippen LogP contribution is -2.14. The second-order valence-corrected chi connectivity index (χ2v) is 7.21. The molecule has 0 bridgehead atoms. The van der Waals surface area contributed by atoms with E-state index in [9.17, 15) is 0 Å². The van der Waals surface area contributed by atoms with Crippen LogP contribution in [0.4, 0.5) is 5.69 Å². The van der Waals surface area contributed by atoms with Gasteiger partial charge in [-0.1, -0.05) is 47.6 Å². The summed E-state index contributed by atoms with van der Waals surface area (Å²) in [6, 6.07) is 16.2. The number of thioether (sulfide) groups is 1. The van der Waals surface area contributed by atoms with Gasteiger partial charge < -0.3 is 10.3 Å². The van der Waals surface area contributed by atoms with Crippen molar-refractivity contribution in [2.45, 2.75) is 10.5 Å². The zero-order valence-electron chi connectivity index (χ0n) is 13.3. The van der Waals surface area contributed by atoms with E-state index in [0.717, 1.165) is 16.5 Å². The van der Waals surface area contributed by atoms with Crippen molar-refractivity contribution < 1.29 is 0 Å². The molecule has 0 fully saturated rings. The molecular weight excluding hydrogens is 342 g/mol. The average molecular weight is 358 g/mol. The van der Waals surface area contributed by atoms with Crippen molar-refractivity contribution in [1.82, 2.24) is 14.9 Å². The van der Waals surface area contributed by atoms with E-state index in [1.54, 1.807) is 11.8 Å². The first-order chi connectivity index (χ1) is 11.6. The summed E-state index contributed by atoms with van der Waals surface area (Å²) in [6.07, 6.45) is 0. The third kappa shape index (κ3) is 2.61. The lowest BCUT2D eigenvalue weighted by Gasteiger charge is -2.15. The molecule has 0 aliphatic carbocycles. The van der Waals surface area contributed by atoms with Crippen LogP contribution in [0.1, 0.15) is 10.9 Å². The quantitative estimate of drug-likeness (QED) is 0.767. The fourth-order valence-electron chi connectivity index (χ4n) is 2.62. The second-order valence-electron chi connectivity index (χ2n) is 5.73. The van der Waals surface area contributed by atoms with Crippen LogP contribution in [0.15, 0.2) is 53.7 Å². The van der Waals surface area contributed by atoms with Gasteiger partial charge in [-0.2, -0.15) is 0 Å². The Bertz CT molecular complexity index is 875. The van der Waals surface area contributed by atoms with Gasteiger partial charge in [0.25, 0.3) is 0 Å². The standard InChI is InChI=1S/C17H16ClN5S/c1-22(2)12-9-7-11(8-10-12)16-21-23-15(19-20-17(23)24-16)13-5-3-4-6-14(13)18/h3-10,16,21H,1-2H3. The van der Waals surface area contributed by atoms with Gasteiger partial charge >= 0.3 is 0 Å². The van der Waals surface area contributed by atoms with Gasteiger partial charge in [0.15, 0.2) is 5.82 Å². The van der Waals surface area contributed by atoms with E-state index in [1.807, 2.05) is 43.0 Å². The van der Waals surface area contributed by atoms with E-state index in [2.05, 4.69) is 44.8 Å². The fraction of sp³-hybridized carbons (Fsp3) is 0.176. The molecule has 7 heteroatoms. The van der Waals surface area contributed by atoms with Gasteiger partial charge in [-0.05, 0) is 29.8 Å². The summed E-state index contributed by atoms with van der Waals surface area (Å²) in [7, 11) is 4.07. The number of hydrogen-bond donors (Lipinski definition) is 1. The third-order valence-electron chi connectivity index (χ3n) is 3.93. The maximum Gasteiger partial charge on any atom is 0.212 e. The minimum absolute atomic E-state index is 0.105. The molecule has 0 amide bonds. The number of rotatable bonds is 3. The normalized spacial score (nSPS) is 15.9. The fourth-order valence-corrected chi connectivity index (χ4v) is 3.83. The molecule has 0 spiro atoms. The highest BCUT2D eigenvalue weighted by Crippen LogP contribution is 2.41. The molecule has 0 radical (unpaired) electrons. The van der Waals surface area contributed by atoms with Crippen LogP contribution in [0.5, 0.6) is 0 Å². The Kier molecular flexibility index (Phi) is 3.86. The van der Waals surface area contributed by atoms with E-state index in [-0.39, 0.29) is 5.37 Å². The molecule has 2 heterocycles. The molecule has 1 aromatic heterocycles. The van der Waals surface area contributed by atoms with E-state index >= 15 is 0 Å². The van der Waals surface area contributed by atoms with Gasteiger partial charge in [0.05, 0.1) is 5.02 Å². The maximum absolute atomic E-state index is 6.30. The van der Waals surface area contributed by atoms with Crippen molar-refractivity contribution in [3.63, 3.8) is 0 Å². The Labute approximate surface area is 149 Å². The Morgan fingerprint density at radius 1 is 1.08 bits per heavy atom. The topological polar surface area (TPSA) is 46.0 Å². The van der Waals surface area contributed by atoms with E-state index in [1.165, 1.54) is 11.3 Å². The predicted molar refractivity (Wildman–Crippen MR) is 99.2 cm³/mol. The van der Waals surface area contributed by atoms with Crippen molar-refractivity contribution in [3.8, 4) is 11.4 Å². The van der Waals surface area contributed by atoms with Crippen molar-refractivity contribution in [2.24, 2.45) is 0 Å². The first kappa shape index (κ1) is 15.4. The zero-order valence-corrected chi connectivity index (χ0v) is 14.8. The Morgan fingerprint density at radius 2 is 1.83 bits per heavy atom. The smallest absolute Gasteiger partial charge is 0.212 e. The van der Waals surface area contributed by atoms with Crippen LogP contribution >= 0.6 is 23.4 Å². The minimum Gasteiger partial charge on any atom is -0.378 e. The summed E-state index contributed by atoms with van der Waals surface area (Å²) in [5.41, 5.74) is 6.70. The molecule has 1 aliphatic heterocycles. The number of nitrogens with zero attached hydrogens (tertiary/aromatic N) is 4. The molecule has 5 nitrogen and oxygen atoms in total. The van der Waals surface area contributed by atoms with Crippen LogP contribution in [-0.2, 0) is 0 Å². The van der Waals surface area contributed by atoms with Gasteiger partial charge in [-0.25, -0.2) is 4.68 Å².